The van der Waals surface area contributed by atoms with Crippen LogP contribution in [-0.2, 0) is 24.0 Å². The molecular formula is C19H32ClN5O6. The molecule has 4 amide bonds. The van der Waals surface area contributed by atoms with Gasteiger partial charge in [0.2, 0.25) is 23.6 Å². The van der Waals surface area contributed by atoms with Gasteiger partial charge in [-0.1, -0.05) is 6.92 Å². The molecule has 1 aliphatic heterocycles. The van der Waals surface area contributed by atoms with Gasteiger partial charge in [0, 0.05) is 19.0 Å². The number of piperazine rings is 1. The molecule has 0 aromatic carbocycles. The van der Waals surface area contributed by atoms with Gasteiger partial charge in [0.1, 0.15) is 12.6 Å². The van der Waals surface area contributed by atoms with Crippen LogP contribution in [0.1, 0.15) is 32.6 Å². The summed E-state index contributed by atoms with van der Waals surface area (Å²) in [5.74, 6) is -4.08. The average molecular weight is 462 g/mol. The van der Waals surface area contributed by atoms with E-state index in [9.17, 15) is 24.0 Å². The van der Waals surface area contributed by atoms with Crippen LogP contribution in [-0.4, -0.2) is 83.3 Å². The first-order valence-corrected chi connectivity index (χ1v) is 10.2. The third-order valence-corrected chi connectivity index (χ3v) is 6.04. The first-order chi connectivity index (χ1) is 14.1. The molecule has 2 rings (SSSR count). The molecule has 0 bridgehead atoms. The Balaban J connectivity index is 0.00000480. The number of rotatable bonds is 8. The van der Waals surface area contributed by atoms with Crippen LogP contribution < -0.4 is 16.8 Å². The number of amides is 4. The number of nitrogens with one attached hydrogen (secondary N) is 1. The molecule has 1 saturated heterocycles. The van der Waals surface area contributed by atoms with Crippen molar-refractivity contribution in [3.05, 3.63) is 0 Å². The molecule has 1 aliphatic carbocycles. The number of nitrogens with zero attached hydrogens (tertiary/aromatic N) is 2. The number of primary amides is 1. The number of carboxylic acids is 1. The van der Waals surface area contributed by atoms with E-state index in [0.29, 0.717) is 12.5 Å². The number of nitrogens with two attached hydrogens (primary N) is 2. The van der Waals surface area contributed by atoms with E-state index in [0.717, 1.165) is 30.6 Å². The van der Waals surface area contributed by atoms with Crippen LogP contribution in [0, 0.1) is 17.8 Å². The van der Waals surface area contributed by atoms with Crippen LogP contribution in [0.15, 0.2) is 0 Å². The number of aliphatic carboxylic acids is 1. The summed E-state index contributed by atoms with van der Waals surface area (Å²) in [6.07, 6.45) is 3.19. The summed E-state index contributed by atoms with van der Waals surface area (Å²) in [6.45, 7) is 1.28. The third kappa shape index (κ3) is 6.79. The second-order valence-electron chi connectivity index (χ2n) is 8.05. The van der Waals surface area contributed by atoms with Crippen molar-refractivity contribution < 1.29 is 29.1 Å². The molecule has 12 heteroatoms. The maximum absolute atomic E-state index is 12.8. The van der Waals surface area contributed by atoms with Gasteiger partial charge in [0.05, 0.1) is 12.5 Å². The second-order valence-corrected chi connectivity index (χ2v) is 8.05. The molecule has 6 N–H and O–H groups in total. The number of carbonyl (C=O) groups is 5. The molecule has 2 aliphatic rings. The van der Waals surface area contributed by atoms with Crippen LogP contribution in [0.5, 0.6) is 0 Å². The fourth-order valence-electron chi connectivity index (χ4n) is 4.11. The van der Waals surface area contributed by atoms with Crippen molar-refractivity contribution in [2.45, 2.75) is 38.6 Å². The third-order valence-electron chi connectivity index (χ3n) is 6.04. The quantitative estimate of drug-likeness (QED) is 0.341. The first-order valence-electron chi connectivity index (χ1n) is 10.2. The Kier molecular flexibility index (Phi) is 10.2. The highest BCUT2D eigenvalue weighted by atomic mass is 35.5. The van der Waals surface area contributed by atoms with Crippen molar-refractivity contribution in [2.75, 3.05) is 32.7 Å². The topological polar surface area (TPSA) is 176 Å². The van der Waals surface area contributed by atoms with Gasteiger partial charge in [-0.15, -0.1) is 12.4 Å². The van der Waals surface area contributed by atoms with E-state index in [1.54, 1.807) is 0 Å². The smallest absolute Gasteiger partial charge is 0.323 e. The number of halogens is 1. The Bertz CT molecular complexity index is 697. The van der Waals surface area contributed by atoms with Crippen LogP contribution in [0.25, 0.3) is 0 Å². The summed E-state index contributed by atoms with van der Waals surface area (Å²) in [4.78, 5) is 62.9. The van der Waals surface area contributed by atoms with E-state index in [4.69, 9.17) is 16.6 Å². The van der Waals surface area contributed by atoms with Crippen LogP contribution in [0.2, 0.25) is 0 Å². The molecule has 0 spiro atoms. The van der Waals surface area contributed by atoms with E-state index >= 15 is 0 Å². The van der Waals surface area contributed by atoms with Gasteiger partial charge in [0.25, 0.3) is 0 Å². The predicted molar refractivity (Wildman–Crippen MR) is 113 cm³/mol. The summed E-state index contributed by atoms with van der Waals surface area (Å²) in [5.41, 5.74) is 11.0. The van der Waals surface area contributed by atoms with Crippen molar-refractivity contribution in [1.82, 2.24) is 15.1 Å². The minimum atomic E-state index is -1.19. The maximum Gasteiger partial charge on any atom is 0.323 e. The summed E-state index contributed by atoms with van der Waals surface area (Å²) in [5, 5.41) is 11.6. The molecule has 0 radical (unpaired) electrons. The molecule has 2 atom stereocenters. The molecule has 31 heavy (non-hydrogen) atoms. The molecule has 11 nitrogen and oxygen atoms in total. The number of carboxylic acid groups (broad SMARTS) is 1. The highest BCUT2D eigenvalue weighted by Crippen LogP contribution is 2.28. The number of hydrogen-bond acceptors (Lipinski definition) is 6. The summed E-state index contributed by atoms with van der Waals surface area (Å²) < 4.78 is 0. The fourth-order valence-corrected chi connectivity index (χ4v) is 4.11. The van der Waals surface area contributed by atoms with E-state index in [1.165, 1.54) is 11.8 Å². The van der Waals surface area contributed by atoms with Gasteiger partial charge in [-0.25, -0.2) is 0 Å². The molecule has 0 aromatic rings. The predicted octanol–water partition coefficient (Wildman–Crippen LogP) is -1.47. The van der Waals surface area contributed by atoms with E-state index in [1.807, 2.05) is 0 Å². The summed E-state index contributed by atoms with van der Waals surface area (Å²) in [7, 11) is 0. The lowest BCUT2D eigenvalue weighted by Crippen LogP contribution is -2.64. The normalized spacial score (nSPS) is 24.7. The number of carbonyl (C=O) groups excluding carboxylic acids is 4. The lowest BCUT2D eigenvalue weighted by Gasteiger charge is -2.42. The molecule has 1 unspecified atom stereocenters. The Morgan fingerprint density at radius 1 is 1.16 bits per heavy atom. The van der Waals surface area contributed by atoms with Gasteiger partial charge in [-0.05, 0) is 38.1 Å². The van der Waals surface area contributed by atoms with Crippen molar-refractivity contribution in [3.8, 4) is 0 Å². The standard InChI is InChI=1S/C19H31N5O6.ClH/c1-11(17(21)28)16-19(30)23(10-15(26)27)6-7-24(16)14(25)9-22-18(29)13-4-2-12(8-20)3-5-13;/h11-13,16H,2-10,20H2,1H3,(H2,21,28)(H,22,29)(H,26,27);1H/t11?,12?,13?,16-;/m0./s1. The minimum Gasteiger partial charge on any atom is -0.480 e. The SMILES string of the molecule is CC(C(N)=O)[C@H]1C(=O)N(CC(=O)O)CCN1C(=O)CNC(=O)C1CCC(CN)CC1.Cl. The van der Waals surface area contributed by atoms with Crippen LogP contribution in [0.3, 0.4) is 0 Å². The zero-order valence-electron chi connectivity index (χ0n) is 17.6. The van der Waals surface area contributed by atoms with Crippen molar-refractivity contribution in [3.63, 3.8) is 0 Å². The van der Waals surface area contributed by atoms with E-state index in [2.05, 4.69) is 5.32 Å². The molecule has 1 heterocycles. The van der Waals surface area contributed by atoms with Gasteiger partial charge in [-0.3, -0.25) is 24.0 Å². The molecular weight excluding hydrogens is 430 g/mol. The Hall–Kier alpha value is -2.40. The highest BCUT2D eigenvalue weighted by molar-refractivity contribution is 5.96. The van der Waals surface area contributed by atoms with Gasteiger partial charge in [-0.2, -0.15) is 0 Å². The maximum atomic E-state index is 12.8. The zero-order chi connectivity index (χ0) is 22.4. The summed E-state index contributed by atoms with van der Waals surface area (Å²) in [6, 6.07) is -1.19. The van der Waals surface area contributed by atoms with Crippen molar-refractivity contribution in [2.24, 2.45) is 29.2 Å². The lowest BCUT2D eigenvalue weighted by atomic mass is 9.81. The van der Waals surface area contributed by atoms with E-state index < -0.39 is 42.2 Å². The minimum absolute atomic E-state index is 0. The average Bonchev–Trinajstić information content (AvgIpc) is 2.72. The first kappa shape index (κ1) is 26.6. The highest BCUT2D eigenvalue weighted by Gasteiger charge is 2.43. The molecule has 2 fully saturated rings. The summed E-state index contributed by atoms with van der Waals surface area (Å²) >= 11 is 0. The van der Waals surface area contributed by atoms with Crippen molar-refractivity contribution >= 4 is 42.0 Å². The van der Waals surface area contributed by atoms with Gasteiger partial charge >= 0.3 is 5.97 Å². The largest absolute Gasteiger partial charge is 0.480 e. The second kappa shape index (κ2) is 11.8. The zero-order valence-corrected chi connectivity index (χ0v) is 18.4. The number of hydrogen-bond donors (Lipinski definition) is 4. The monoisotopic (exact) mass is 461 g/mol. The van der Waals surface area contributed by atoms with Gasteiger partial charge < -0.3 is 31.7 Å². The van der Waals surface area contributed by atoms with Crippen molar-refractivity contribution in [1.29, 1.82) is 0 Å². The van der Waals surface area contributed by atoms with Gasteiger partial charge in [0.15, 0.2) is 0 Å². The molecule has 0 aromatic heterocycles. The van der Waals surface area contributed by atoms with Crippen LogP contribution >= 0.6 is 12.4 Å². The van der Waals surface area contributed by atoms with Crippen LogP contribution in [0.4, 0.5) is 0 Å². The Labute approximate surface area is 187 Å². The molecule has 176 valence electrons. The van der Waals surface area contributed by atoms with E-state index in [-0.39, 0.29) is 43.9 Å². The Morgan fingerprint density at radius 2 is 1.77 bits per heavy atom. The Morgan fingerprint density at radius 3 is 2.29 bits per heavy atom. The lowest BCUT2D eigenvalue weighted by molar-refractivity contribution is -0.158. The fraction of sp³-hybridized carbons (Fsp3) is 0.737. The molecule has 1 saturated carbocycles.